The molecule has 218 valence electrons. The predicted molar refractivity (Wildman–Crippen MR) is 142 cm³/mol. The van der Waals surface area contributed by atoms with Crippen molar-refractivity contribution in [3.05, 3.63) is 35.1 Å². The second-order valence-electron chi connectivity index (χ2n) is 12.0. The standard InChI is InChI=1S/C29H38N2O9/c1-16(37-26(34)40-27(2,3)4)25(33)30-13-10-21(32)38-19-9-11-29(35)20-15-17-7-8-18(36-6)23-22(17)28(29,24(19)39-23)12-14-31(20)5/h7-9,16,20,24,35H,10-15H2,1-6H3,(H,30,33)/t16-,20-,24-,28-,29+/m0/s1. The number of methoxy groups -OCH3 is 1. The minimum Gasteiger partial charge on any atom is -0.493 e. The van der Waals surface area contributed by atoms with Crippen LogP contribution in [0.3, 0.4) is 0 Å². The lowest BCUT2D eigenvalue weighted by Gasteiger charge is -2.61. The molecule has 0 unspecified atom stereocenters. The number of aliphatic hydroxyl groups is 1. The van der Waals surface area contributed by atoms with Gasteiger partial charge in [-0.2, -0.15) is 0 Å². The summed E-state index contributed by atoms with van der Waals surface area (Å²) in [4.78, 5) is 39.2. The number of rotatable bonds is 7. The Hall–Kier alpha value is -3.31. The quantitative estimate of drug-likeness (QED) is 0.481. The molecule has 1 aromatic carbocycles. The van der Waals surface area contributed by atoms with Gasteiger partial charge in [0, 0.05) is 24.6 Å². The summed E-state index contributed by atoms with van der Waals surface area (Å²) in [5, 5.41) is 14.8. The first-order chi connectivity index (χ1) is 18.8. The van der Waals surface area contributed by atoms with Crippen molar-refractivity contribution in [1.82, 2.24) is 10.2 Å². The third kappa shape index (κ3) is 4.49. The van der Waals surface area contributed by atoms with E-state index in [-0.39, 0.29) is 19.0 Å². The van der Waals surface area contributed by atoms with E-state index in [1.807, 2.05) is 19.2 Å². The van der Waals surface area contributed by atoms with E-state index in [4.69, 9.17) is 23.7 Å². The second-order valence-corrected chi connectivity index (χ2v) is 12.0. The minimum absolute atomic E-state index is 0.0152. The van der Waals surface area contributed by atoms with Gasteiger partial charge in [0.05, 0.1) is 24.5 Å². The molecule has 4 aliphatic rings. The number of carbonyl (C=O) groups excluding carboxylic acids is 3. The SMILES string of the molecule is COc1ccc2c3c1O[C@H]1C(OC(=O)CCNC(=O)[C@H](C)OC(=O)OC(C)(C)C)=CC[C@@]4(O)[C@H](C2)N(C)CC[C@]314. The molecule has 5 rings (SSSR count). The van der Waals surface area contributed by atoms with Crippen LogP contribution in [-0.2, 0) is 35.6 Å². The average Bonchev–Trinajstić information content (AvgIpc) is 3.22. The number of piperidine rings is 1. The number of ether oxygens (including phenoxy) is 5. The number of carbonyl (C=O) groups is 3. The van der Waals surface area contributed by atoms with Gasteiger partial charge in [-0.05, 0) is 71.8 Å². The van der Waals surface area contributed by atoms with Gasteiger partial charge in [-0.25, -0.2) is 4.79 Å². The van der Waals surface area contributed by atoms with E-state index in [1.165, 1.54) is 6.92 Å². The van der Waals surface area contributed by atoms with Gasteiger partial charge >= 0.3 is 12.1 Å². The van der Waals surface area contributed by atoms with Crippen molar-refractivity contribution in [1.29, 1.82) is 0 Å². The van der Waals surface area contributed by atoms with Crippen LogP contribution in [0.25, 0.3) is 0 Å². The van der Waals surface area contributed by atoms with Crippen LogP contribution in [0, 0.1) is 0 Å². The van der Waals surface area contributed by atoms with Gasteiger partial charge in [-0.1, -0.05) is 6.07 Å². The molecule has 40 heavy (non-hydrogen) atoms. The van der Waals surface area contributed by atoms with E-state index >= 15 is 0 Å². The molecule has 0 saturated carbocycles. The van der Waals surface area contributed by atoms with E-state index in [0.717, 1.165) is 17.7 Å². The van der Waals surface area contributed by atoms with Crippen LogP contribution in [0.2, 0.25) is 0 Å². The first kappa shape index (κ1) is 28.2. The Morgan fingerprint density at radius 2 is 2.02 bits per heavy atom. The van der Waals surface area contributed by atoms with E-state index in [2.05, 4.69) is 10.2 Å². The van der Waals surface area contributed by atoms with Gasteiger partial charge in [0.25, 0.3) is 5.91 Å². The summed E-state index contributed by atoms with van der Waals surface area (Å²) >= 11 is 0. The Labute approximate surface area is 233 Å². The molecule has 1 spiro atoms. The van der Waals surface area contributed by atoms with E-state index < -0.39 is 46.9 Å². The van der Waals surface area contributed by atoms with Crippen molar-refractivity contribution >= 4 is 18.0 Å². The zero-order chi connectivity index (χ0) is 29.0. The summed E-state index contributed by atoms with van der Waals surface area (Å²) < 4.78 is 27.9. The zero-order valence-electron chi connectivity index (χ0n) is 23.9. The van der Waals surface area contributed by atoms with Crippen molar-refractivity contribution in [2.75, 3.05) is 27.2 Å². The summed E-state index contributed by atoms with van der Waals surface area (Å²) in [6.07, 6.45) is 0.552. The number of likely N-dealkylation sites (N-methyl/N-ethyl adjacent to an activating group) is 1. The van der Waals surface area contributed by atoms with Gasteiger partial charge in [0.1, 0.15) is 11.4 Å². The van der Waals surface area contributed by atoms with Crippen LogP contribution in [0.4, 0.5) is 4.79 Å². The number of nitrogens with zero attached hydrogens (tertiary/aromatic N) is 1. The Morgan fingerprint density at radius 1 is 1.27 bits per heavy atom. The molecule has 1 aromatic rings. The van der Waals surface area contributed by atoms with Crippen molar-refractivity contribution in [3.8, 4) is 11.5 Å². The third-order valence-corrected chi connectivity index (χ3v) is 8.45. The monoisotopic (exact) mass is 558 g/mol. The molecule has 2 N–H and O–H groups in total. The molecule has 2 bridgehead atoms. The van der Waals surface area contributed by atoms with Crippen molar-refractivity contribution < 1.29 is 43.2 Å². The number of amides is 1. The molecule has 1 saturated heterocycles. The number of nitrogens with one attached hydrogen (secondary N) is 1. The maximum absolute atomic E-state index is 12.9. The van der Waals surface area contributed by atoms with Crippen LogP contribution < -0.4 is 14.8 Å². The normalized spacial score (nSPS) is 28.8. The maximum Gasteiger partial charge on any atom is 0.509 e. The van der Waals surface area contributed by atoms with Crippen molar-refractivity contribution in [2.45, 2.75) is 88.2 Å². The van der Waals surface area contributed by atoms with Crippen LogP contribution in [0.15, 0.2) is 24.0 Å². The largest absolute Gasteiger partial charge is 0.509 e. The Kier molecular flexibility index (Phi) is 7.02. The highest BCUT2D eigenvalue weighted by molar-refractivity contribution is 5.83. The van der Waals surface area contributed by atoms with Gasteiger partial charge < -0.3 is 39.0 Å². The van der Waals surface area contributed by atoms with Crippen LogP contribution in [0.1, 0.15) is 58.1 Å². The van der Waals surface area contributed by atoms with Crippen LogP contribution in [0.5, 0.6) is 11.5 Å². The van der Waals surface area contributed by atoms with Gasteiger partial charge in [0.2, 0.25) is 0 Å². The zero-order valence-corrected chi connectivity index (χ0v) is 23.9. The maximum atomic E-state index is 12.9. The first-order valence-corrected chi connectivity index (χ1v) is 13.7. The van der Waals surface area contributed by atoms with E-state index in [1.54, 1.807) is 34.0 Å². The molecule has 0 radical (unpaired) electrons. The minimum atomic E-state index is -1.10. The summed E-state index contributed by atoms with van der Waals surface area (Å²) in [5.41, 5.74) is -0.546. The molecular formula is C29H38N2O9. The molecular weight excluding hydrogens is 520 g/mol. The lowest BCUT2D eigenvalue weighted by atomic mass is 9.50. The number of hydrogen-bond acceptors (Lipinski definition) is 10. The first-order valence-electron chi connectivity index (χ1n) is 13.7. The summed E-state index contributed by atoms with van der Waals surface area (Å²) in [6.45, 7) is 7.24. The van der Waals surface area contributed by atoms with Crippen molar-refractivity contribution in [3.63, 3.8) is 0 Å². The summed E-state index contributed by atoms with van der Waals surface area (Å²) in [5.74, 6) is 0.423. The molecule has 2 heterocycles. The second kappa shape index (κ2) is 9.95. The highest BCUT2D eigenvalue weighted by atomic mass is 16.7. The highest BCUT2D eigenvalue weighted by Gasteiger charge is 2.72. The lowest BCUT2D eigenvalue weighted by Crippen LogP contribution is -2.74. The van der Waals surface area contributed by atoms with Gasteiger partial charge in [0.15, 0.2) is 23.7 Å². The highest BCUT2D eigenvalue weighted by Crippen LogP contribution is 2.65. The number of benzene rings is 1. The topological polar surface area (TPSA) is 133 Å². The Bertz CT molecular complexity index is 1250. The smallest absolute Gasteiger partial charge is 0.493 e. The fraction of sp³-hybridized carbons (Fsp3) is 0.621. The Balaban J connectivity index is 1.26. The van der Waals surface area contributed by atoms with Crippen LogP contribution >= 0.6 is 0 Å². The van der Waals surface area contributed by atoms with E-state index in [0.29, 0.717) is 36.5 Å². The number of likely N-dealkylation sites (tertiary alicyclic amines) is 1. The fourth-order valence-electron chi connectivity index (χ4n) is 6.67. The molecule has 2 aliphatic heterocycles. The average molecular weight is 559 g/mol. The summed E-state index contributed by atoms with van der Waals surface area (Å²) in [6, 6.07) is 3.82. The van der Waals surface area contributed by atoms with Gasteiger partial charge in [-0.3, -0.25) is 9.59 Å². The third-order valence-electron chi connectivity index (χ3n) is 8.45. The molecule has 1 amide bonds. The molecule has 11 nitrogen and oxygen atoms in total. The number of hydrogen-bond donors (Lipinski definition) is 2. The summed E-state index contributed by atoms with van der Waals surface area (Å²) in [7, 11) is 3.61. The molecule has 2 aliphatic carbocycles. The lowest BCUT2D eigenvalue weighted by molar-refractivity contribution is -0.169. The van der Waals surface area contributed by atoms with Gasteiger partial charge in [-0.15, -0.1) is 0 Å². The number of esters is 1. The Morgan fingerprint density at radius 3 is 2.73 bits per heavy atom. The fourth-order valence-corrected chi connectivity index (χ4v) is 6.67. The molecule has 0 aromatic heterocycles. The van der Waals surface area contributed by atoms with E-state index in [9.17, 15) is 19.5 Å². The van der Waals surface area contributed by atoms with Crippen LogP contribution in [-0.4, -0.2) is 84.7 Å². The predicted octanol–water partition coefficient (Wildman–Crippen LogP) is 2.36. The molecule has 1 fully saturated rings. The molecule has 11 heteroatoms. The van der Waals surface area contributed by atoms with Crippen molar-refractivity contribution in [2.24, 2.45) is 0 Å². The molecule has 5 atom stereocenters.